The SMILES string of the molecule is c1ccc(-c2nc(-c3cccc4oc5ccccc5c34)nc(-c3cccc4oc5ccccc5c34)n2)c(-c2ccc3ccc4c5ccccc5ccc4c3c2)c1. The van der Waals surface area contributed by atoms with Crippen molar-refractivity contribution in [1.29, 1.82) is 0 Å². The van der Waals surface area contributed by atoms with E-state index in [1.54, 1.807) is 0 Å². The Morgan fingerprint density at radius 2 is 0.732 bits per heavy atom. The minimum absolute atomic E-state index is 0.568. The van der Waals surface area contributed by atoms with Crippen molar-refractivity contribution in [3.63, 3.8) is 0 Å². The number of para-hydroxylation sites is 2. The van der Waals surface area contributed by atoms with Gasteiger partial charge in [-0.15, -0.1) is 0 Å². The minimum Gasteiger partial charge on any atom is -0.456 e. The lowest BCUT2D eigenvalue weighted by atomic mass is 9.93. The van der Waals surface area contributed by atoms with Crippen LogP contribution in [-0.2, 0) is 0 Å². The Hall–Kier alpha value is -7.63. The van der Waals surface area contributed by atoms with E-state index in [1.807, 2.05) is 60.7 Å². The van der Waals surface area contributed by atoms with Gasteiger partial charge in [0.05, 0.1) is 0 Å². The standard InChI is InChI=1S/C51H29N3O2/c1-2-12-33-30(11-1)25-28-36-35(33)27-26-31-23-24-32(29-42(31)36)34-13-3-4-14-37(34)49-52-50(40-17-9-21-45-47(40)38-15-5-7-19-43(38)55-45)54-51(53-49)41-18-10-22-46-48(41)39-16-6-8-20-44(39)56-46/h1-29H. The minimum atomic E-state index is 0.568. The van der Waals surface area contributed by atoms with Crippen LogP contribution in [0, 0.1) is 0 Å². The van der Waals surface area contributed by atoms with Gasteiger partial charge < -0.3 is 8.83 Å². The Morgan fingerprint density at radius 1 is 0.286 bits per heavy atom. The van der Waals surface area contributed by atoms with E-state index in [-0.39, 0.29) is 0 Å². The summed E-state index contributed by atoms with van der Waals surface area (Å²) in [4.78, 5) is 15.9. The van der Waals surface area contributed by atoms with Crippen molar-refractivity contribution in [2.24, 2.45) is 0 Å². The first-order valence-electron chi connectivity index (χ1n) is 18.8. The normalized spacial score (nSPS) is 11.9. The van der Waals surface area contributed by atoms with Crippen LogP contribution in [0.5, 0.6) is 0 Å². The molecule has 0 fully saturated rings. The number of hydrogen-bond acceptors (Lipinski definition) is 5. The van der Waals surface area contributed by atoms with Crippen LogP contribution in [0.15, 0.2) is 185 Å². The first-order chi connectivity index (χ1) is 27.7. The number of furan rings is 2. The molecule has 0 saturated carbocycles. The van der Waals surface area contributed by atoms with Gasteiger partial charge in [0.2, 0.25) is 0 Å². The summed E-state index contributed by atoms with van der Waals surface area (Å²) in [6.45, 7) is 0. The molecule has 0 spiro atoms. The zero-order valence-electron chi connectivity index (χ0n) is 29.9. The second kappa shape index (κ2) is 11.9. The van der Waals surface area contributed by atoms with Gasteiger partial charge in [-0.05, 0) is 73.8 Å². The number of aromatic nitrogens is 3. The molecule has 0 unspecified atom stereocenters. The van der Waals surface area contributed by atoms with Crippen LogP contribution in [0.25, 0.3) is 121 Å². The molecule has 9 aromatic carbocycles. The molecule has 0 saturated heterocycles. The molecule has 0 bridgehead atoms. The maximum atomic E-state index is 6.32. The molecule has 260 valence electrons. The Balaban J connectivity index is 1.12. The monoisotopic (exact) mass is 715 g/mol. The first-order valence-corrected chi connectivity index (χ1v) is 18.8. The van der Waals surface area contributed by atoms with Crippen LogP contribution in [0.2, 0.25) is 0 Å². The third-order valence-electron chi connectivity index (χ3n) is 11.1. The van der Waals surface area contributed by atoms with Crippen LogP contribution < -0.4 is 0 Å². The highest BCUT2D eigenvalue weighted by Gasteiger charge is 2.21. The van der Waals surface area contributed by atoms with Crippen molar-refractivity contribution in [3.05, 3.63) is 176 Å². The van der Waals surface area contributed by atoms with E-state index in [4.69, 9.17) is 23.8 Å². The highest BCUT2D eigenvalue weighted by atomic mass is 16.3. The van der Waals surface area contributed by atoms with Crippen molar-refractivity contribution in [2.75, 3.05) is 0 Å². The lowest BCUT2D eigenvalue weighted by Crippen LogP contribution is -2.01. The molecule has 0 N–H and O–H groups in total. The summed E-state index contributed by atoms with van der Waals surface area (Å²) in [5.41, 5.74) is 8.00. The third-order valence-corrected chi connectivity index (χ3v) is 11.1. The lowest BCUT2D eigenvalue weighted by Gasteiger charge is -2.14. The van der Waals surface area contributed by atoms with E-state index in [0.717, 1.165) is 71.7 Å². The smallest absolute Gasteiger partial charge is 0.164 e. The maximum absolute atomic E-state index is 6.32. The summed E-state index contributed by atoms with van der Waals surface area (Å²) in [6.07, 6.45) is 0. The van der Waals surface area contributed by atoms with Crippen molar-refractivity contribution >= 4 is 76.2 Å². The van der Waals surface area contributed by atoms with Crippen molar-refractivity contribution in [1.82, 2.24) is 15.0 Å². The molecular weight excluding hydrogens is 687 g/mol. The van der Waals surface area contributed by atoms with E-state index in [9.17, 15) is 0 Å². The third kappa shape index (κ3) is 4.64. The molecule has 5 heteroatoms. The average Bonchev–Trinajstić information content (AvgIpc) is 3.85. The summed E-state index contributed by atoms with van der Waals surface area (Å²) in [5, 5.41) is 11.3. The molecule has 0 aliphatic rings. The summed E-state index contributed by atoms with van der Waals surface area (Å²) in [7, 11) is 0. The fourth-order valence-electron chi connectivity index (χ4n) is 8.57. The van der Waals surface area contributed by atoms with Crippen LogP contribution in [0.3, 0.4) is 0 Å². The van der Waals surface area contributed by atoms with Gasteiger partial charge in [0.25, 0.3) is 0 Å². The number of fused-ring (bicyclic) bond motifs is 11. The molecule has 0 atom stereocenters. The van der Waals surface area contributed by atoms with E-state index in [2.05, 4.69) is 115 Å². The zero-order chi connectivity index (χ0) is 36.7. The fourth-order valence-corrected chi connectivity index (χ4v) is 8.57. The summed E-state index contributed by atoms with van der Waals surface area (Å²) >= 11 is 0. The van der Waals surface area contributed by atoms with E-state index >= 15 is 0 Å². The zero-order valence-corrected chi connectivity index (χ0v) is 29.9. The van der Waals surface area contributed by atoms with Crippen molar-refractivity contribution in [2.45, 2.75) is 0 Å². The molecule has 12 aromatic rings. The van der Waals surface area contributed by atoms with Gasteiger partial charge in [0.1, 0.15) is 22.3 Å². The summed E-state index contributed by atoms with van der Waals surface area (Å²) in [5.74, 6) is 1.72. The predicted molar refractivity (Wildman–Crippen MR) is 229 cm³/mol. The molecule has 0 aliphatic carbocycles. The van der Waals surface area contributed by atoms with Gasteiger partial charge in [0, 0.05) is 38.2 Å². The van der Waals surface area contributed by atoms with Crippen LogP contribution in [0.1, 0.15) is 0 Å². The van der Waals surface area contributed by atoms with Crippen molar-refractivity contribution in [3.8, 4) is 45.3 Å². The molecule has 3 heterocycles. The second-order valence-electron chi connectivity index (χ2n) is 14.3. The van der Waals surface area contributed by atoms with Crippen LogP contribution >= 0.6 is 0 Å². The molecule has 0 aliphatic heterocycles. The molecule has 56 heavy (non-hydrogen) atoms. The summed E-state index contributed by atoms with van der Waals surface area (Å²) < 4.78 is 12.6. The predicted octanol–water partition coefficient (Wildman–Crippen LogP) is 13.8. The van der Waals surface area contributed by atoms with E-state index in [0.29, 0.717) is 17.5 Å². The number of nitrogens with zero attached hydrogens (tertiary/aromatic N) is 3. The topological polar surface area (TPSA) is 65.0 Å². The van der Waals surface area contributed by atoms with Crippen LogP contribution in [0.4, 0.5) is 0 Å². The Kier molecular flexibility index (Phi) is 6.56. The highest BCUT2D eigenvalue weighted by Crippen LogP contribution is 2.41. The summed E-state index contributed by atoms with van der Waals surface area (Å²) in [6, 6.07) is 61.1. The molecule has 12 rings (SSSR count). The Labute approximate surface area is 320 Å². The molecule has 5 nitrogen and oxygen atoms in total. The number of hydrogen-bond donors (Lipinski definition) is 0. The Bertz CT molecular complexity index is 3430. The highest BCUT2D eigenvalue weighted by molar-refractivity contribution is 6.18. The van der Waals surface area contributed by atoms with Gasteiger partial charge in [0.15, 0.2) is 17.5 Å². The molecule has 0 radical (unpaired) electrons. The lowest BCUT2D eigenvalue weighted by molar-refractivity contribution is 0.668. The van der Waals surface area contributed by atoms with Crippen molar-refractivity contribution < 1.29 is 8.83 Å². The van der Waals surface area contributed by atoms with Gasteiger partial charge in [-0.2, -0.15) is 0 Å². The fraction of sp³-hybridized carbons (Fsp3) is 0. The number of rotatable bonds is 4. The van der Waals surface area contributed by atoms with Gasteiger partial charge >= 0.3 is 0 Å². The van der Waals surface area contributed by atoms with E-state index < -0.39 is 0 Å². The van der Waals surface area contributed by atoms with Crippen LogP contribution in [-0.4, -0.2) is 15.0 Å². The second-order valence-corrected chi connectivity index (χ2v) is 14.3. The van der Waals surface area contributed by atoms with Gasteiger partial charge in [-0.3, -0.25) is 0 Å². The molecule has 0 amide bonds. The van der Waals surface area contributed by atoms with E-state index in [1.165, 1.54) is 32.3 Å². The maximum Gasteiger partial charge on any atom is 0.164 e. The van der Waals surface area contributed by atoms with Gasteiger partial charge in [-0.1, -0.05) is 146 Å². The van der Waals surface area contributed by atoms with Gasteiger partial charge in [-0.25, -0.2) is 15.0 Å². The quantitative estimate of drug-likeness (QED) is 0.170. The molecular formula is C51H29N3O2. The number of benzene rings is 9. The molecule has 3 aromatic heterocycles. The first kappa shape index (κ1) is 30.8. The Morgan fingerprint density at radius 3 is 1.38 bits per heavy atom. The largest absolute Gasteiger partial charge is 0.456 e. The average molecular weight is 716 g/mol.